The molecule has 2 atom stereocenters. The maximum absolute atomic E-state index is 12.8. The largest absolute Gasteiger partial charge is 0.452 e. The molecule has 1 aliphatic carbocycles. The number of benzene rings is 2. The maximum atomic E-state index is 12.8. The number of amides is 4. The Morgan fingerprint density at radius 1 is 0.912 bits per heavy atom. The van der Waals surface area contributed by atoms with Crippen LogP contribution < -0.4 is 15.5 Å². The lowest BCUT2D eigenvalue weighted by Crippen LogP contribution is -2.31. The van der Waals surface area contributed by atoms with Crippen LogP contribution in [0.3, 0.4) is 0 Å². The number of nitrogens with zero attached hydrogens (tertiary/aromatic N) is 1. The molecule has 1 heterocycles. The van der Waals surface area contributed by atoms with Crippen molar-refractivity contribution in [2.75, 3.05) is 22.1 Å². The molecule has 1 aliphatic heterocycles. The molecule has 0 radical (unpaired) electrons. The summed E-state index contributed by atoms with van der Waals surface area (Å²) in [5, 5.41) is 5.22. The van der Waals surface area contributed by atoms with Crippen molar-refractivity contribution in [1.29, 1.82) is 0 Å². The van der Waals surface area contributed by atoms with E-state index >= 15 is 0 Å². The van der Waals surface area contributed by atoms with Gasteiger partial charge in [0.05, 0.1) is 23.1 Å². The van der Waals surface area contributed by atoms with Gasteiger partial charge in [-0.1, -0.05) is 18.9 Å². The summed E-state index contributed by atoms with van der Waals surface area (Å²) in [5.74, 6) is -2.49. The lowest BCUT2D eigenvalue weighted by atomic mass is 9.81. The number of hydrogen-bond donors (Lipinski definition) is 2. The molecule has 2 aliphatic rings. The van der Waals surface area contributed by atoms with Crippen LogP contribution in [0.25, 0.3) is 0 Å². The molecule has 4 amide bonds. The van der Waals surface area contributed by atoms with Crippen molar-refractivity contribution in [3.8, 4) is 0 Å². The highest BCUT2D eigenvalue weighted by molar-refractivity contribution is 6.22. The molecule has 2 aromatic carbocycles. The van der Waals surface area contributed by atoms with E-state index < -0.39 is 18.5 Å². The summed E-state index contributed by atoms with van der Waals surface area (Å²) in [4.78, 5) is 62.5. The summed E-state index contributed by atoms with van der Waals surface area (Å²) < 4.78 is 5.11. The van der Waals surface area contributed by atoms with Crippen LogP contribution in [0.4, 0.5) is 17.1 Å². The number of ether oxygens (including phenoxy) is 1. The molecule has 0 spiro atoms. The van der Waals surface area contributed by atoms with E-state index in [-0.39, 0.29) is 35.1 Å². The summed E-state index contributed by atoms with van der Waals surface area (Å²) in [7, 11) is 0. The van der Waals surface area contributed by atoms with Crippen LogP contribution in [0, 0.1) is 11.8 Å². The maximum Gasteiger partial charge on any atom is 0.338 e. The number of imide groups is 1. The van der Waals surface area contributed by atoms with E-state index in [2.05, 4.69) is 10.6 Å². The average molecular weight is 463 g/mol. The van der Waals surface area contributed by atoms with E-state index in [1.807, 2.05) is 0 Å². The molecule has 2 N–H and O–H groups in total. The summed E-state index contributed by atoms with van der Waals surface area (Å²) in [6.45, 7) is 0.884. The minimum atomic E-state index is -0.741. The minimum absolute atomic E-state index is 0.139. The second kappa shape index (κ2) is 9.86. The van der Waals surface area contributed by atoms with Gasteiger partial charge >= 0.3 is 5.97 Å². The van der Waals surface area contributed by atoms with Crippen LogP contribution >= 0.6 is 0 Å². The molecule has 9 nitrogen and oxygen atoms in total. The van der Waals surface area contributed by atoms with Gasteiger partial charge in [0.1, 0.15) is 0 Å². The lowest BCUT2D eigenvalue weighted by molar-refractivity contribution is -0.122. The fourth-order valence-corrected chi connectivity index (χ4v) is 4.44. The summed E-state index contributed by atoms with van der Waals surface area (Å²) in [6.07, 6.45) is 3.28. The van der Waals surface area contributed by atoms with Crippen molar-refractivity contribution < 1.29 is 28.7 Å². The van der Waals surface area contributed by atoms with Crippen LogP contribution in [-0.4, -0.2) is 36.2 Å². The highest BCUT2D eigenvalue weighted by Gasteiger charge is 2.48. The smallest absolute Gasteiger partial charge is 0.338 e. The van der Waals surface area contributed by atoms with E-state index in [1.165, 1.54) is 24.0 Å². The third-order valence-corrected chi connectivity index (χ3v) is 6.00. The fourth-order valence-electron chi connectivity index (χ4n) is 4.44. The fraction of sp³-hybridized carbons (Fsp3) is 0.320. The highest BCUT2D eigenvalue weighted by atomic mass is 16.5. The number of hydrogen-bond acceptors (Lipinski definition) is 6. The zero-order chi connectivity index (χ0) is 24.2. The number of rotatable bonds is 6. The number of esters is 1. The molecule has 0 bridgehead atoms. The first kappa shape index (κ1) is 23.2. The Bertz CT molecular complexity index is 1120. The number of carbonyl (C=O) groups is 5. The predicted molar refractivity (Wildman–Crippen MR) is 124 cm³/mol. The predicted octanol–water partition coefficient (Wildman–Crippen LogP) is 3.12. The van der Waals surface area contributed by atoms with Gasteiger partial charge < -0.3 is 15.4 Å². The van der Waals surface area contributed by atoms with Gasteiger partial charge in [0.2, 0.25) is 17.7 Å². The van der Waals surface area contributed by atoms with Crippen molar-refractivity contribution >= 4 is 46.7 Å². The van der Waals surface area contributed by atoms with Gasteiger partial charge in [-0.2, -0.15) is 0 Å². The monoisotopic (exact) mass is 463 g/mol. The first-order valence-electron chi connectivity index (χ1n) is 11.2. The normalized spacial score (nSPS) is 19.4. The van der Waals surface area contributed by atoms with Gasteiger partial charge in [-0.3, -0.25) is 24.1 Å². The Balaban J connectivity index is 1.35. The van der Waals surface area contributed by atoms with Crippen molar-refractivity contribution in [1.82, 2.24) is 0 Å². The van der Waals surface area contributed by atoms with Crippen molar-refractivity contribution in [3.05, 3.63) is 54.1 Å². The molecule has 34 heavy (non-hydrogen) atoms. The van der Waals surface area contributed by atoms with Crippen LogP contribution in [0.5, 0.6) is 0 Å². The van der Waals surface area contributed by atoms with Gasteiger partial charge in [0, 0.05) is 18.3 Å². The van der Waals surface area contributed by atoms with Crippen LogP contribution in [0.1, 0.15) is 43.0 Å². The molecule has 4 rings (SSSR count). The molecule has 0 unspecified atom stereocenters. The van der Waals surface area contributed by atoms with Gasteiger partial charge in [0.15, 0.2) is 6.61 Å². The van der Waals surface area contributed by atoms with Crippen LogP contribution in [-0.2, 0) is 23.9 Å². The molecule has 1 saturated heterocycles. The molecule has 2 aromatic rings. The SMILES string of the molecule is CC(=O)Nc1ccc(NC(=O)COC(=O)c2cccc(N3C(=O)[C@H]4CCCC[C@@H]4C3=O)c2)cc1. The number of anilines is 3. The van der Waals surface area contributed by atoms with E-state index in [4.69, 9.17) is 4.74 Å². The minimum Gasteiger partial charge on any atom is -0.452 e. The average Bonchev–Trinajstić information content (AvgIpc) is 3.08. The third kappa shape index (κ3) is 4.98. The summed E-state index contributed by atoms with van der Waals surface area (Å²) in [5.41, 5.74) is 1.54. The van der Waals surface area contributed by atoms with E-state index in [0.717, 1.165) is 12.8 Å². The lowest BCUT2D eigenvalue weighted by Gasteiger charge is -2.19. The Kier molecular flexibility index (Phi) is 6.72. The van der Waals surface area contributed by atoms with E-state index in [0.29, 0.717) is 29.9 Å². The van der Waals surface area contributed by atoms with Gasteiger partial charge in [-0.25, -0.2) is 4.79 Å². The van der Waals surface area contributed by atoms with E-state index in [9.17, 15) is 24.0 Å². The summed E-state index contributed by atoms with van der Waals surface area (Å²) in [6, 6.07) is 12.6. The van der Waals surface area contributed by atoms with Crippen molar-refractivity contribution in [3.63, 3.8) is 0 Å². The Morgan fingerprint density at radius 2 is 1.50 bits per heavy atom. The molecule has 1 saturated carbocycles. The van der Waals surface area contributed by atoms with Crippen molar-refractivity contribution in [2.24, 2.45) is 11.8 Å². The second-order valence-corrected chi connectivity index (χ2v) is 8.44. The zero-order valence-electron chi connectivity index (χ0n) is 18.7. The molecule has 9 heteroatoms. The summed E-state index contributed by atoms with van der Waals surface area (Å²) >= 11 is 0. The first-order chi connectivity index (χ1) is 16.3. The van der Waals surface area contributed by atoms with Crippen LogP contribution in [0.15, 0.2) is 48.5 Å². The standard InChI is InChI=1S/C25H25N3O6/c1-15(29)26-17-9-11-18(12-10-17)27-22(30)14-34-25(33)16-5-4-6-19(13-16)28-23(31)20-7-2-3-8-21(20)24(28)32/h4-6,9-13,20-21H,2-3,7-8,14H2,1H3,(H,26,29)(H,27,30)/t20-,21-/m0/s1. The molecular formula is C25H25N3O6. The highest BCUT2D eigenvalue weighted by Crippen LogP contribution is 2.40. The van der Waals surface area contributed by atoms with Crippen LogP contribution in [0.2, 0.25) is 0 Å². The first-order valence-corrected chi connectivity index (χ1v) is 11.2. The molecular weight excluding hydrogens is 438 g/mol. The second-order valence-electron chi connectivity index (χ2n) is 8.44. The quantitative estimate of drug-likeness (QED) is 0.501. The Hall–Kier alpha value is -4.01. The Labute approximate surface area is 196 Å². The Morgan fingerprint density at radius 3 is 2.09 bits per heavy atom. The van der Waals surface area contributed by atoms with Crippen molar-refractivity contribution in [2.45, 2.75) is 32.6 Å². The number of nitrogens with one attached hydrogen (secondary N) is 2. The van der Waals surface area contributed by atoms with Gasteiger partial charge in [-0.05, 0) is 55.3 Å². The number of fused-ring (bicyclic) bond motifs is 1. The zero-order valence-corrected chi connectivity index (χ0v) is 18.7. The van der Waals surface area contributed by atoms with Gasteiger partial charge in [0.25, 0.3) is 5.91 Å². The molecule has 176 valence electrons. The molecule has 0 aromatic heterocycles. The topological polar surface area (TPSA) is 122 Å². The van der Waals surface area contributed by atoms with E-state index in [1.54, 1.807) is 36.4 Å². The molecule has 2 fully saturated rings. The van der Waals surface area contributed by atoms with Gasteiger partial charge in [-0.15, -0.1) is 0 Å². The number of carbonyl (C=O) groups excluding carboxylic acids is 5. The third-order valence-electron chi connectivity index (χ3n) is 6.00.